The molecule has 0 saturated carbocycles. The number of rotatable bonds is 60. The van der Waals surface area contributed by atoms with Gasteiger partial charge < -0.3 is 15.3 Å². The summed E-state index contributed by atoms with van der Waals surface area (Å²) in [6, 6.07) is 0. The molecule has 0 atom stereocenters. The Morgan fingerprint density at radius 2 is 0.250 bits per heavy atom. The lowest BCUT2D eigenvalue weighted by atomic mass is 10.0. The zero-order valence-electron chi connectivity index (χ0n) is 49.5. The van der Waals surface area contributed by atoms with Gasteiger partial charge in [0.25, 0.3) is 0 Å². The monoisotopic (exact) mass is 1020 g/mol. The quantitative estimate of drug-likeness (QED) is 0.0523. The standard InChI is InChI=1S/3C22H44O2/c3*1-2-3-4-5-6-7-8-9-10-11-12-13-14-15-16-17-18-19-20-21-22(23)24/h3*2-21H2,1H3,(H,23,24). The highest BCUT2D eigenvalue weighted by molar-refractivity contribution is 5.67. The Morgan fingerprint density at radius 1 is 0.167 bits per heavy atom. The number of unbranched alkanes of at least 4 members (excludes halogenated alkanes) is 54. The van der Waals surface area contributed by atoms with E-state index < -0.39 is 17.9 Å². The summed E-state index contributed by atoms with van der Waals surface area (Å²) in [6.07, 6.45) is 78.3. The summed E-state index contributed by atoms with van der Waals surface area (Å²) in [4.78, 5) is 31.1. The van der Waals surface area contributed by atoms with Gasteiger partial charge in [-0.2, -0.15) is 0 Å². The van der Waals surface area contributed by atoms with Crippen molar-refractivity contribution in [1.29, 1.82) is 0 Å². The number of carbonyl (C=O) groups is 3. The van der Waals surface area contributed by atoms with E-state index in [1.54, 1.807) is 0 Å². The van der Waals surface area contributed by atoms with Gasteiger partial charge in [0.15, 0.2) is 0 Å². The van der Waals surface area contributed by atoms with Crippen LogP contribution in [0.3, 0.4) is 0 Å². The largest absolute Gasteiger partial charge is 0.481 e. The van der Waals surface area contributed by atoms with Gasteiger partial charge in [0.1, 0.15) is 0 Å². The molecule has 0 aliphatic carbocycles. The van der Waals surface area contributed by atoms with Gasteiger partial charge in [0.05, 0.1) is 0 Å². The summed E-state index contributed by atoms with van der Waals surface area (Å²) in [5.41, 5.74) is 0. The normalized spacial score (nSPS) is 11.0. The number of carboxylic acids is 3. The molecule has 0 aromatic heterocycles. The predicted molar refractivity (Wildman–Crippen MR) is 317 cm³/mol. The second kappa shape index (κ2) is 71.5. The Kier molecular flexibility index (Phi) is 74.1. The molecule has 72 heavy (non-hydrogen) atoms. The van der Waals surface area contributed by atoms with Crippen LogP contribution in [0.25, 0.3) is 0 Å². The number of aliphatic carboxylic acids is 3. The van der Waals surface area contributed by atoms with Crippen LogP contribution in [-0.2, 0) is 14.4 Å². The first-order valence-electron chi connectivity index (χ1n) is 33.0. The topological polar surface area (TPSA) is 112 Å². The molecule has 0 fully saturated rings. The Balaban J connectivity index is -0.000000992. The third-order valence-electron chi connectivity index (χ3n) is 15.0. The van der Waals surface area contributed by atoms with Crippen LogP contribution in [0.2, 0.25) is 0 Å². The summed E-state index contributed by atoms with van der Waals surface area (Å²) >= 11 is 0. The van der Waals surface area contributed by atoms with Gasteiger partial charge in [-0.15, -0.1) is 0 Å². The number of hydrogen-bond acceptors (Lipinski definition) is 3. The first-order chi connectivity index (χ1) is 35.3. The van der Waals surface area contributed by atoms with Crippen LogP contribution in [0, 0.1) is 0 Å². The van der Waals surface area contributed by atoms with Crippen LogP contribution >= 0.6 is 0 Å². The van der Waals surface area contributed by atoms with Crippen LogP contribution < -0.4 is 0 Å². The summed E-state index contributed by atoms with van der Waals surface area (Å²) in [5, 5.41) is 25.7. The third kappa shape index (κ3) is 82.4. The highest BCUT2D eigenvalue weighted by Crippen LogP contribution is 2.18. The molecule has 0 aromatic carbocycles. The van der Waals surface area contributed by atoms with Gasteiger partial charge in [0.2, 0.25) is 0 Å². The van der Waals surface area contributed by atoms with Crippen molar-refractivity contribution in [2.75, 3.05) is 0 Å². The maximum absolute atomic E-state index is 10.4. The lowest BCUT2D eigenvalue weighted by Crippen LogP contribution is -1.93. The Labute approximate surface area is 451 Å². The van der Waals surface area contributed by atoms with Crippen LogP contribution in [0.5, 0.6) is 0 Å². The molecule has 0 spiro atoms. The molecule has 0 radical (unpaired) electrons. The highest BCUT2D eigenvalue weighted by atomic mass is 16.4. The zero-order chi connectivity index (χ0) is 53.2. The number of carboxylic acid groups (broad SMARTS) is 3. The summed E-state index contributed by atoms with van der Waals surface area (Å²) in [6.45, 7) is 6.85. The molecule has 0 amide bonds. The van der Waals surface area contributed by atoms with Crippen LogP contribution in [-0.4, -0.2) is 33.2 Å². The third-order valence-corrected chi connectivity index (χ3v) is 15.0. The molecular weight excluding hydrogens is 889 g/mol. The van der Waals surface area contributed by atoms with E-state index in [1.807, 2.05) is 0 Å². The van der Waals surface area contributed by atoms with Crippen molar-refractivity contribution in [3.63, 3.8) is 0 Å². The van der Waals surface area contributed by atoms with Gasteiger partial charge in [-0.25, -0.2) is 0 Å². The predicted octanol–water partition coefficient (Wildman–Crippen LogP) is 23.7. The first kappa shape index (κ1) is 74.6. The van der Waals surface area contributed by atoms with Crippen molar-refractivity contribution in [3.8, 4) is 0 Å². The van der Waals surface area contributed by atoms with E-state index in [9.17, 15) is 14.4 Å². The minimum atomic E-state index is -0.651. The van der Waals surface area contributed by atoms with Crippen molar-refractivity contribution in [3.05, 3.63) is 0 Å². The molecule has 3 N–H and O–H groups in total. The minimum Gasteiger partial charge on any atom is -0.481 e. The number of hydrogen-bond donors (Lipinski definition) is 3. The molecule has 6 nitrogen and oxygen atoms in total. The van der Waals surface area contributed by atoms with Gasteiger partial charge in [-0.1, -0.05) is 367 Å². The van der Waals surface area contributed by atoms with Gasteiger partial charge in [-0.3, -0.25) is 14.4 Å². The van der Waals surface area contributed by atoms with E-state index in [1.165, 1.54) is 327 Å². The summed E-state index contributed by atoms with van der Waals surface area (Å²) in [7, 11) is 0. The maximum Gasteiger partial charge on any atom is 0.303 e. The second-order valence-electron chi connectivity index (χ2n) is 22.5. The molecule has 0 rings (SSSR count). The summed E-state index contributed by atoms with van der Waals surface area (Å²) in [5.74, 6) is -1.95. The van der Waals surface area contributed by atoms with Crippen molar-refractivity contribution in [2.24, 2.45) is 0 Å². The van der Waals surface area contributed by atoms with Crippen molar-refractivity contribution in [1.82, 2.24) is 0 Å². The van der Waals surface area contributed by atoms with Gasteiger partial charge in [0, 0.05) is 19.3 Å². The SMILES string of the molecule is CCCCCCCCCCCCCCCCCCCCCC(=O)O.CCCCCCCCCCCCCCCCCCCCCC(=O)O.CCCCCCCCCCCCCCCCCCCCCC(=O)O. The van der Waals surface area contributed by atoms with E-state index in [4.69, 9.17) is 15.3 Å². The fraction of sp³-hybridized carbons (Fsp3) is 0.955. The van der Waals surface area contributed by atoms with Gasteiger partial charge in [-0.05, 0) is 19.3 Å². The molecule has 0 aromatic rings. The van der Waals surface area contributed by atoms with Crippen LogP contribution in [0.15, 0.2) is 0 Å². The highest BCUT2D eigenvalue weighted by Gasteiger charge is 2.01. The van der Waals surface area contributed by atoms with E-state index >= 15 is 0 Å². The van der Waals surface area contributed by atoms with Crippen LogP contribution in [0.4, 0.5) is 0 Å². The fourth-order valence-corrected chi connectivity index (χ4v) is 10.1. The molecule has 0 aliphatic rings. The average Bonchev–Trinajstić information content (AvgIpc) is 3.36. The molecule has 0 saturated heterocycles. The minimum absolute atomic E-state index is 0.346. The Bertz CT molecular complexity index is 875. The van der Waals surface area contributed by atoms with Crippen molar-refractivity contribution < 1.29 is 29.7 Å². The van der Waals surface area contributed by atoms with E-state index in [-0.39, 0.29) is 0 Å². The first-order valence-corrected chi connectivity index (χ1v) is 33.0. The van der Waals surface area contributed by atoms with Crippen molar-refractivity contribution >= 4 is 17.9 Å². The van der Waals surface area contributed by atoms with E-state index in [2.05, 4.69) is 20.8 Å². The second-order valence-corrected chi connectivity index (χ2v) is 22.5. The summed E-state index contributed by atoms with van der Waals surface area (Å²) < 4.78 is 0. The molecule has 0 bridgehead atoms. The molecule has 0 unspecified atom stereocenters. The fourth-order valence-electron chi connectivity index (χ4n) is 10.1. The average molecular weight is 1020 g/mol. The molecular formula is C66H132O6. The van der Waals surface area contributed by atoms with E-state index in [0.717, 1.165) is 38.5 Å². The van der Waals surface area contributed by atoms with E-state index in [0.29, 0.717) is 19.3 Å². The Hall–Kier alpha value is -1.59. The van der Waals surface area contributed by atoms with Crippen LogP contribution in [0.1, 0.15) is 406 Å². The Morgan fingerprint density at radius 3 is 0.333 bits per heavy atom. The maximum atomic E-state index is 10.4. The zero-order valence-corrected chi connectivity index (χ0v) is 49.5. The molecule has 6 heteroatoms. The molecule has 432 valence electrons. The van der Waals surface area contributed by atoms with Crippen molar-refractivity contribution in [2.45, 2.75) is 406 Å². The molecule has 0 heterocycles. The van der Waals surface area contributed by atoms with Gasteiger partial charge >= 0.3 is 17.9 Å². The molecule has 0 aliphatic heterocycles. The lowest BCUT2D eigenvalue weighted by molar-refractivity contribution is -0.138. The smallest absolute Gasteiger partial charge is 0.303 e. The lowest BCUT2D eigenvalue weighted by Gasteiger charge is -2.03.